The molecule has 0 amide bonds. The van der Waals surface area contributed by atoms with E-state index in [4.69, 9.17) is 5.73 Å². The van der Waals surface area contributed by atoms with Crippen LogP contribution >= 0.6 is 15.9 Å². The zero-order valence-corrected chi connectivity index (χ0v) is 14.8. The Balaban J connectivity index is 2.11. The maximum Gasteiger partial charge on any atom is 0.301 e. The molecule has 1 aromatic carbocycles. The average Bonchev–Trinajstić information content (AvgIpc) is 2.44. The lowest BCUT2D eigenvalue weighted by Gasteiger charge is -2.30. The largest absolute Gasteiger partial charge is 0.330 e. The van der Waals surface area contributed by atoms with E-state index >= 15 is 0 Å². The third-order valence-electron chi connectivity index (χ3n) is 3.93. The average molecular weight is 376 g/mol. The highest BCUT2D eigenvalue weighted by Crippen LogP contribution is 2.26. The highest BCUT2D eigenvalue weighted by Gasteiger charge is 2.27. The Bertz CT molecular complexity index is 588. The molecule has 0 atom stereocenters. The van der Waals surface area contributed by atoms with Crippen molar-refractivity contribution in [3.05, 3.63) is 27.7 Å². The summed E-state index contributed by atoms with van der Waals surface area (Å²) < 4.78 is 30.0. The lowest BCUT2D eigenvalue weighted by Crippen LogP contribution is -2.42. The summed E-state index contributed by atoms with van der Waals surface area (Å²) in [7, 11) is -3.49. The van der Waals surface area contributed by atoms with E-state index in [1.165, 1.54) is 4.31 Å². The molecule has 2 rings (SSSR count). The second-order valence-electron chi connectivity index (χ2n) is 5.61. The van der Waals surface area contributed by atoms with E-state index in [2.05, 4.69) is 20.7 Å². The molecule has 1 fully saturated rings. The summed E-state index contributed by atoms with van der Waals surface area (Å²) in [6.45, 7) is 5.59. The number of benzene rings is 1. The number of piperidine rings is 1. The first-order valence-electron chi connectivity index (χ1n) is 7.08. The summed E-state index contributed by atoms with van der Waals surface area (Å²) >= 11 is 3.48. The van der Waals surface area contributed by atoms with Crippen LogP contribution in [0.5, 0.6) is 0 Å². The minimum absolute atomic E-state index is 0.439. The van der Waals surface area contributed by atoms with Gasteiger partial charge in [0.15, 0.2) is 0 Å². The predicted molar refractivity (Wildman–Crippen MR) is 89.5 cm³/mol. The lowest BCUT2D eigenvalue weighted by molar-refractivity contribution is 0.280. The molecule has 7 heteroatoms. The minimum Gasteiger partial charge on any atom is -0.330 e. The van der Waals surface area contributed by atoms with E-state index < -0.39 is 10.2 Å². The van der Waals surface area contributed by atoms with Crippen molar-refractivity contribution in [2.24, 2.45) is 11.7 Å². The van der Waals surface area contributed by atoms with E-state index in [1.54, 1.807) is 0 Å². The van der Waals surface area contributed by atoms with Gasteiger partial charge < -0.3 is 5.73 Å². The number of hydrogen-bond acceptors (Lipinski definition) is 3. The zero-order valence-electron chi connectivity index (χ0n) is 12.4. The summed E-state index contributed by atoms with van der Waals surface area (Å²) in [5.41, 5.74) is 8.26. The highest BCUT2D eigenvalue weighted by atomic mass is 79.9. The maximum absolute atomic E-state index is 12.4. The van der Waals surface area contributed by atoms with Gasteiger partial charge in [-0.05, 0) is 62.4 Å². The number of nitrogens with zero attached hydrogens (tertiary/aromatic N) is 1. The first-order chi connectivity index (χ1) is 9.83. The molecule has 118 valence electrons. The maximum atomic E-state index is 12.4. The molecule has 21 heavy (non-hydrogen) atoms. The third kappa shape index (κ3) is 3.97. The number of rotatable bonds is 4. The second-order valence-corrected chi connectivity index (χ2v) is 8.07. The molecule has 1 aliphatic rings. The van der Waals surface area contributed by atoms with Crippen LogP contribution in [0.4, 0.5) is 5.69 Å². The summed E-state index contributed by atoms with van der Waals surface area (Å²) in [5, 5.41) is 0. The molecular formula is C14H22BrN3O2S. The van der Waals surface area contributed by atoms with E-state index in [0.717, 1.165) is 28.4 Å². The van der Waals surface area contributed by atoms with Crippen molar-refractivity contribution < 1.29 is 8.42 Å². The standard InChI is InChI=1S/C14H22BrN3O2S/c1-10-7-13(8-11(2)14(10)15)17-21(19,20)18-5-3-12(9-16)4-6-18/h7-8,12,17H,3-6,9,16H2,1-2H3. The fourth-order valence-electron chi connectivity index (χ4n) is 2.60. The molecule has 1 aromatic rings. The third-order valence-corrected chi connectivity index (χ3v) is 6.72. The number of aryl methyl sites for hydroxylation is 2. The molecule has 0 bridgehead atoms. The van der Waals surface area contributed by atoms with Crippen molar-refractivity contribution in [1.29, 1.82) is 0 Å². The van der Waals surface area contributed by atoms with Crippen LogP contribution in [-0.4, -0.2) is 32.4 Å². The van der Waals surface area contributed by atoms with Gasteiger partial charge in [-0.25, -0.2) is 0 Å². The van der Waals surface area contributed by atoms with Gasteiger partial charge in [-0.3, -0.25) is 4.72 Å². The Morgan fingerprint density at radius 3 is 2.29 bits per heavy atom. The van der Waals surface area contributed by atoms with Crippen molar-refractivity contribution in [3.63, 3.8) is 0 Å². The number of nitrogens with one attached hydrogen (secondary N) is 1. The quantitative estimate of drug-likeness (QED) is 0.847. The van der Waals surface area contributed by atoms with Gasteiger partial charge in [-0.1, -0.05) is 15.9 Å². The Hall–Kier alpha value is -0.630. The van der Waals surface area contributed by atoms with Crippen LogP contribution in [0.3, 0.4) is 0 Å². The molecule has 1 aliphatic heterocycles. The number of nitrogens with two attached hydrogens (primary N) is 1. The van der Waals surface area contributed by atoms with Crippen LogP contribution in [0, 0.1) is 19.8 Å². The van der Waals surface area contributed by atoms with Gasteiger partial charge in [0.05, 0.1) is 5.69 Å². The smallest absolute Gasteiger partial charge is 0.301 e. The van der Waals surface area contributed by atoms with Crippen LogP contribution in [-0.2, 0) is 10.2 Å². The summed E-state index contributed by atoms with van der Waals surface area (Å²) in [6, 6.07) is 3.67. The van der Waals surface area contributed by atoms with E-state index in [-0.39, 0.29) is 0 Å². The van der Waals surface area contributed by atoms with Crippen molar-refractivity contribution in [1.82, 2.24) is 4.31 Å². The van der Waals surface area contributed by atoms with Crippen LogP contribution < -0.4 is 10.5 Å². The molecule has 0 spiro atoms. The molecule has 0 radical (unpaired) electrons. The normalized spacial score (nSPS) is 17.9. The fourth-order valence-corrected chi connectivity index (χ4v) is 4.07. The van der Waals surface area contributed by atoms with Gasteiger partial charge >= 0.3 is 10.2 Å². The lowest BCUT2D eigenvalue weighted by atomic mass is 9.99. The summed E-state index contributed by atoms with van der Waals surface area (Å²) in [6.07, 6.45) is 1.66. The molecule has 0 aromatic heterocycles. The van der Waals surface area contributed by atoms with Gasteiger partial charge in [0.1, 0.15) is 0 Å². The SMILES string of the molecule is Cc1cc(NS(=O)(=O)N2CCC(CN)CC2)cc(C)c1Br. The predicted octanol–water partition coefficient (Wildman–Crippen LogP) is 2.39. The second kappa shape index (κ2) is 6.64. The van der Waals surface area contributed by atoms with Crippen molar-refractivity contribution in [3.8, 4) is 0 Å². The number of hydrogen-bond donors (Lipinski definition) is 2. The Morgan fingerprint density at radius 2 is 1.81 bits per heavy atom. The summed E-state index contributed by atoms with van der Waals surface area (Å²) in [4.78, 5) is 0. The Morgan fingerprint density at radius 1 is 1.29 bits per heavy atom. The first kappa shape index (κ1) is 16.7. The van der Waals surface area contributed by atoms with E-state index in [0.29, 0.717) is 31.2 Å². The molecule has 1 saturated heterocycles. The van der Waals surface area contributed by atoms with Gasteiger partial charge in [-0.2, -0.15) is 12.7 Å². The summed E-state index contributed by atoms with van der Waals surface area (Å²) in [5.74, 6) is 0.439. The van der Waals surface area contributed by atoms with Crippen LogP contribution in [0.2, 0.25) is 0 Å². The van der Waals surface area contributed by atoms with E-state index in [9.17, 15) is 8.42 Å². The van der Waals surface area contributed by atoms with Crippen LogP contribution in [0.25, 0.3) is 0 Å². The molecule has 3 N–H and O–H groups in total. The molecule has 5 nitrogen and oxygen atoms in total. The molecule has 1 heterocycles. The number of halogens is 1. The molecule has 0 unspecified atom stereocenters. The molecule has 0 saturated carbocycles. The number of anilines is 1. The van der Waals surface area contributed by atoms with Gasteiger partial charge in [-0.15, -0.1) is 0 Å². The minimum atomic E-state index is -3.49. The van der Waals surface area contributed by atoms with Crippen LogP contribution in [0.1, 0.15) is 24.0 Å². The topological polar surface area (TPSA) is 75.4 Å². The first-order valence-corrected chi connectivity index (χ1v) is 9.31. The zero-order chi connectivity index (χ0) is 15.6. The van der Waals surface area contributed by atoms with E-state index in [1.807, 2.05) is 26.0 Å². The van der Waals surface area contributed by atoms with Crippen molar-refractivity contribution in [2.45, 2.75) is 26.7 Å². The van der Waals surface area contributed by atoms with Crippen molar-refractivity contribution in [2.75, 3.05) is 24.4 Å². The Kier molecular flexibility index (Phi) is 5.29. The van der Waals surface area contributed by atoms with Gasteiger partial charge in [0.2, 0.25) is 0 Å². The van der Waals surface area contributed by atoms with Crippen LogP contribution in [0.15, 0.2) is 16.6 Å². The monoisotopic (exact) mass is 375 g/mol. The molecular weight excluding hydrogens is 354 g/mol. The van der Waals surface area contributed by atoms with Gasteiger partial charge in [0, 0.05) is 17.6 Å². The highest BCUT2D eigenvalue weighted by molar-refractivity contribution is 9.10. The Labute approximate surface area is 135 Å². The molecule has 0 aliphatic carbocycles. The van der Waals surface area contributed by atoms with Gasteiger partial charge in [0.25, 0.3) is 0 Å². The van der Waals surface area contributed by atoms with Crippen molar-refractivity contribution >= 4 is 31.8 Å². The fraction of sp³-hybridized carbons (Fsp3) is 0.571.